The lowest BCUT2D eigenvalue weighted by molar-refractivity contribution is -0.121. The molecule has 4 rings (SSSR count). The molecule has 10 nitrogen and oxygen atoms in total. The molecule has 2 amide bonds. The molecule has 1 atom stereocenters. The smallest absolute Gasteiger partial charge is 0.251 e. The Morgan fingerprint density at radius 3 is 2.75 bits per heavy atom. The summed E-state index contributed by atoms with van der Waals surface area (Å²) in [6, 6.07) is 5.40. The summed E-state index contributed by atoms with van der Waals surface area (Å²) in [5.41, 5.74) is 1.76. The Balaban J connectivity index is 1.65. The summed E-state index contributed by atoms with van der Waals surface area (Å²) < 4.78 is 5.51. The number of benzene rings is 1. The van der Waals surface area contributed by atoms with Gasteiger partial charge in [-0.15, -0.1) is 0 Å². The van der Waals surface area contributed by atoms with Crippen LogP contribution < -0.4 is 25.2 Å². The lowest BCUT2D eigenvalue weighted by Crippen LogP contribution is -2.40. The number of aromatic nitrogens is 2. The third kappa shape index (κ3) is 5.38. The number of hydrogen-bond acceptors (Lipinski definition) is 8. The van der Waals surface area contributed by atoms with Gasteiger partial charge in [-0.3, -0.25) is 9.59 Å². The molecule has 0 radical (unpaired) electrons. The largest absolute Gasteiger partial charge is 0.495 e. The second-order valence-corrected chi connectivity index (χ2v) is 9.40. The number of anilines is 4. The third-order valence-corrected chi connectivity index (χ3v) is 6.99. The Morgan fingerprint density at radius 2 is 2.06 bits per heavy atom. The van der Waals surface area contributed by atoms with Crippen molar-refractivity contribution in [3.63, 3.8) is 0 Å². The zero-order chi connectivity index (χ0) is 25.7. The number of methoxy groups -OCH3 is 1. The van der Waals surface area contributed by atoms with Crippen LogP contribution in [0, 0.1) is 5.92 Å². The van der Waals surface area contributed by atoms with Crippen molar-refractivity contribution in [2.45, 2.75) is 51.5 Å². The van der Waals surface area contributed by atoms with Crippen LogP contribution in [0.2, 0.25) is 0 Å². The molecule has 0 spiro atoms. The van der Waals surface area contributed by atoms with Gasteiger partial charge in [-0.2, -0.15) is 4.98 Å². The van der Waals surface area contributed by atoms with E-state index in [0.717, 1.165) is 37.2 Å². The molecule has 0 bridgehead atoms. The number of carbonyl (C=O) groups excluding carboxylic acids is 2. The molecule has 194 valence electrons. The van der Waals surface area contributed by atoms with Crippen molar-refractivity contribution in [3.8, 4) is 5.75 Å². The molecule has 1 saturated carbocycles. The number of hydrogen-bond donors (Lipinski definition) is 3. The molecule has 2 aliphatic rings. The number of nitrogens with one attached hydrogen (secondary N) is 2. The Hall–Kier alpha value is -3.40. The molecular formula is C26H36N6O4. The molecule has 3 N–H and O–H groups in total. The van der Waals surface area contributed by atoms with Crippen LogP contribution in [-0.2, 0) is 4.79 Å². The van der Waals surface area contributed by atoms with Crippen molar-refractivity contribution >= 4 is 35.0 Å². The van der Waals surface area contributed by atoms with Gasteiger partial charge in [-0.05, 0) is 37.5 Å². The van der Waals surface area contributed by atoms with E-state index in [1.807, 2.05) is 7.05 Å². The summed E-state index contributed by atoms with van der Waals surface area (Å²) in [5, 5.41) is 14.8. The molecule has 1 aliphatic carbocycles. The highest BCUT2D eigenvalue weighted by atomic mass is 16.5. The summed E-state index contributed by atoms with van der Waals surface area (Å²) in [4.78, 5) is 38.9. The Kier molecular flexibility index (Phi) is 8.25. The highest BCUT2D eigenvalue weighted by Crippen LogP contribution is 2.38. The molecule has 1 fully saturated rings. The summed E-state index contributed by atoms with van der Waals surface area (Å²) in [5.74, 6) is 1.37. The summed E-state index contributed by atoms with van der Waals surface area (Å²) in [7, 11) is 3.34. The van der Waals surface area contributed by atoms with Crippen molar-refractivity contribution in [1.82, 2.24) is 15.3 Å². The Morgan fingerprint density at radius 1 is 1.28 bits per heavy atom. The van der Waals surface area contributed by atoms with Crippen molar-refractivity contribution in [2.75, 3.05) is 49.0 Å². The van der Waals surface area contributed by atoms with Crippen LogP contribution in [0.1, 0.15) is 55.8 Å². The van der Waals surface area contributed by atoms with Crippen molar-refractivity contribution < 1.29 is 19.4 Å². The summed E-state index contributed by atoms with van der Waals surface area (Å²) in [6.07, 6.45) is 8.06. The predicted octanol–water partition coefficient (Wildman–Crippen LogP) is 3.09. The lowest BCUT2D eigenvalue weighted by Gasteiger charge is -2.31. The normalized spacial score (nSPS) is 18.1. The first kappa shape index (κ1) is 25.7. The van der Waals surface area contributed by atoms with E-state index >= 15 is 0 Å². The van der Waals surface area contributed by atoms with E-state index in [-0.39, 0.29) is 30.9 Å². The maximum absolute atomic E-state index is 13.2. The van der Waals surface area contributed by atoms with Gasteiger partial charge in [-0.1, -0.05) is 26.2 Å². The van der Waals surface area contributed by atoms with Gasteiger partial charge in [0.15, 0.2) is 5.82 Å². The molecular weight excluding hydrogens is 460 g/mol. The number of ether oxygens (including phenoxy) is 1. The number of carbonyl (C=O) groups is 2. The molecule has 2 aromatic rings. The maximum Gasteiger partial charge on any atom is 0.251 e. The second-order valence-electron chi connectivity index (χ2n) is 9.40. The number of aliphatic hydroxyl groups excluding tert-OH is 1. The maximum atomic E-state index is 13.2. The van der Waals surface area contributed by atoms with Crippen LogP contribution in [-0.4, -0.2) is 66.8 Å². The fourth-order valence-electron chi connectivity index (χ4n) is 5.10. The van der Waals surface area contributed by atoms with E-state index in [9.17, 15) is 9.59 Å². The Labute approximate surface area is 212 Å². The molecule has 1 aromatic carbocycles. The first-order chi connectivity index (χ1) is 17.5. The minimum Gasteiger partial charge on any atom is -0.495 e. The summed E-state index contributed by atoms with van der Waals surface area (Å²) in [6.45, 7) is 2.82. The molecule has 1 aromatic heterocycles. The fourth-order valence-corrected chi connectivity index (χ4v) is 5.10. The number of aliphatic hydroxyl groups is 1. The average molecular weight is 497 g/mol. The van der Waals surface area contributed by atoms with Crippen molar-refractivity contribution in [1.29, 1.82) is 0 Å². The first-order valence-corrected chi connectivity index (χ1v) is 12.7. The fraction of sp³-hybridized carbons (Fsp3) is 0.538. The minimum atomic E-state index is -0.295. The standard InChI is InChI=1S/C26H36N6O4/c1-4-7-18-16-32(19-8-5-6-9-19)23-21(31(2)25(18)35)15-28-26(30-23)29-20-11-10-17(14-22(20)36-3)24(34)27-12-13-33/h10-11,14-15,18-19,33H,4-9,12-13,16H2,1-3H3,(H,27,34)(H,28,29,30)/t18-/m0/s1. The highest BCUT2D eigenvalue weighted by molar-refractivity contribution is 5.99. The number of rotatable bonds is 9. The number of amides is 2. The highest BCUT2D eigenvalue weighted by Gasteiger charge is 2.36. The van der Waals surface area contributed by atoms with Crippen LogP contribution in [0.25, 0.3) is 0 Å². The van der Waals surface area contributed by atoms with Gasteiger partial charge in [0.25, 0.3) is 5.91 Å². The van der Waals surface area contributed by atoms with Gasteiger partial charge >= 0.3 is 0 Å². The zero-order valence-electron chi connectivity index (χ0n) is 21.3. The van der Waals surface area contributed by atoms with Gasteiger partial charge in [0.1, 0.15) is 11.4 Å². The van der Waals surface area contributed by atoms with Gasteiger partial charge in [0.05, 0.1) is 31.5 Å². The van der Waals surface area contributed by atoms with Crippen LogP contribution in [0.15, 0.2) is 24.4 Å². The third-order valence-electron chi connectivity index (χ3n) is 6.99. The van der Waals surface area contributed by atoms with Crippen molar-refractivity contribution in [3.05, 3.63) is 30.0 Å². The molecule has 10 heteroatoms. The molecule has 0 saturated heterocycles. The molecule has 0 unspecified atom stereocenters. The van der Waals surface area contributed by atoms with E-state index in [1.54, 1.807) is 29.3 Å². The van der Waals surface area contributed by atoms with E-state index in [0.29, 0.717) is 35.5 Å². The van der Waals surface area contributed by atoms with E-state index in [2.05, 4.69) is 27.4 Å². The first-order valence-electron chi connectivity index (χ1n) is 12.7. The summed E-state index contributed by atoms with van der Waals surface area (Å²) >= 11 is 0. The topological polar surface area (TPSA) is 120 Å². The Bertz CT molecular complexity index is 1090. The number of fused-ring (bicyclic) bond motifs is 1. The van der Waals surface area contributed by atoms with E-state index in [1.165, 1.54) is 20.0 Å². The van der Waals surface area contributed by atoms with Crippen LogP contribution in [0.5, 0.6) is 5.75 Å². The molecule has 2 heterocycles. The zero-order valence-corrected chi connectivity index (χ0v) is 21.3. The van der Waals surface area contributed by atoms with Crippen molar-refractivity contribution in [2.24, 2.45) is 5.92 Å². The molecule has 1 aliphatic heterocycles. The van der Waals surface area contributed by atoms with E-state index in [4.69, 9.17) is 14.8 Å². The van der Waals surface area contributed by atoms with Gasteiger partial charge in [0, 0.05) is 31.7 Å². The van der Waals surface area contributed by atoms with Gasteiger partial charge < -0.3 is 30.3 Å². The van der Waals surface area contributed by atoms with Gasteiger partial charge in [0.2, 0.25) is 11.9 Å². The second kappa shape index (κ2) is 11.6. The minimum absolute atomic E-state index is 0.0733. The van der Waals surface area contributed by atoms with Crippen LogP contribution >= 0.6 is 0 Å². The number of nitrogens with zero attached hydrogens (tertiary/aromatic N) is 4. The lowest BCUT2D eigenvalue weighted by atomic mass is 10.0. The average Bonchev–Trinajstić information content (AvgIpc) is 3.41. The molecule has 36 heavy (non-hydrogen) atoms. The van der Waals surface area contributed by atoms with Crippen LogP contribution in [0.4, 0.5) is 23.1 Å². The predicted molar refractivity (Wildman–Crippen MR) is 139 cm³/mol. The monoisotopic (exact) mass is 496 g/mol. The van der Waals surface area contributed by atoms with Crippen LogP contribution in [0.3, 0.4) is 0 Å². The van der Waals surface area contributed by atoms with Gasteiger partial charge in [-0.25, -0.2) is 4.98 Å². The quantitative estimate of drug-likeness (QED) is 0.485. The van der Waals surface area contributed by atoms with E-state index < -0.39 is 0 Å². The SMILES string of the molecule is CCC[C@H]1CN(C2CCCC2)c2nc(Nc3ccc(C(=O)NCCO)cc3OC)ncc2N(C)C1=O.